The normalized spacial score (nSPS) is 32.6. The van der Waals surface area contributed by atoms with Gasteiger partial charge in [0.1, 0.15) is 16.9 Å². The minimum atomic E-state index is -1.87. The number of anilines is 1. The van der Waals surface area contributed by atoms with Gasteiger partial charge in [-0.25, -0.2) is 4.79 Å². The lowest BCUT2D eigenvalue weighted by molar-refractivity contribution is -0.204. The van der Waals surface area contributed by atoms with Crippen LogP contribution in [0.2, 0.25) is 0 Å². The van der Waals surface area contributed by atoms with Gasteiger partial charge in [-0.2, -0.15) is 0 Å². The van der Waals surface area contributed by atoms with Crippen LogP contribution in [0.5, 0.6) is 0 Å². The molecule has 1 aliphatic carbocycles. The Balaban J connectivity index is 1.65. The molecule has 0 radical (unpaired) electrons. The van der Waals surface area contributed by atoms with Crippen LogP contribution in [0.15, 0.2) is 48.5 Å². The van der Waals surface area contributed by atoms with Crippen molar-refractivity contribution in [1.29, 1.82) is 0 Å². The van der Waals surface area contributed by atoms with Crippen molar-refractivity contribution in [3.63, 3.8) is 0 Å². The van der Waals surface area contributed by atoms with Gasteiger partial charge in [0.25, 0.3) is 5.91 Å². The zero-order valence-corrected chi connectivity index (χ0v) is 27.5. The molecule has 240 valence electrons. The van der Waals surface area contributed by atoms with E-state index in [1.807, 2.05) is 12.1 Å². The van der Waals surface area contributed by atoms with Crippen LogP contribution < -0.4 is 4.90 Å². The van der Waals surface area contributed by atoms with Gasteiger partial charge < -0.3 is 19.3 Å². The fourth-order valence-electron chi connectivity index (χ4n) is 8.15. The third-order valence-corrected chi connectivity index (χ3v) is 10.6. The van der Waals surface area contributed by atoms with Crippen molar-refractivity contribution in [3.8, 4) is 0 Å². The molecular formula is C36H43NO8. The molecule has 2 aromatic rings. The van der Waals surface area contributed by atoms with Crippen LogP contribution in [0, 0.1) is 16.2 Å². The second kappa shape index (κ2) is 9.41. The molecule has 3 heterocycles. The van der Waals surface area contributed by atoms with Gasteiger partial charge in [-0.15, -0.1) is 0 Å². The first-order valence-corrected chi connectivity index (χ1v) is 15.6. The maximum atomic E-state index is 15.0. The predicted molar refractivity (Wildman–Crippen MR) is 165 cm³/mol. The number of esters is 3. The molecule has 0 unspecified atom stereocenters. The molecule has 4 aliphatic rings. The number of carbonyl (C=O) groups is 4. The summed E-state index contributed by atoms with van der Waals surface area (Å²) in [5.74, 6) is -2.80. The van der Waals surface area contributed by atoms with E-state index in [4.69, 9.17) is 14.2 Å². The Bertz CT molecular complexity index is 1580. The SMILES string of the molecule is CC(C)(C)c1cc(N2C(=O)[C@H](OC(=O)c3ccccc3)[C@@]34[C@@H]2OC(=O)[C@@]32CC(=O)O[C@H]2C[C@@]4(O)C(C)(C)C)cc(C(C)(C)C)c1. The highest BCUT2D eigenvalue weighted by molar-refractivity contribution is 6.07. The third-order valence-electron chi connectivity index (χ3n) is 10.6. The smallest absolute Gasteiger partial charge is 0.338 e. The Morgan fingerprint density at radius 2 is 1.47 bits per heavy atom. The maximum absolute atomic E-state index is 15.0. The highest BCUT2D eigenvalue weighted by Crippen LogP contribution is 2.76. The Hall–Kier alpha value is -3.72. The van der Waals surface area contributed by atoms with Crippen molar-refractivity contribution >= 4 is 29.5 Å². The van der Waals surface area contributed by atoms with Gasteiger partial charge in [0.2, 0.25) is 0 Å². The van der Waals surface area contributed by atoms with E-state index in [1.165, 1.54) is 4.90 Å². The number of nitrogens with zero attached hydrogens (tertiary/aromatic N) is 1. The van der Waals surface area contributed by atoms with E-state index < -0.39 is 70.5 Å². The van der Waals surface area contributed by atoms with Gasteiger partial charge in [0.05, 0.1) is 17.6 Å². The second-order valence-corrected chi connectivity index (χ2v) is 16.2. The number of aliphatic hydroxyl groups is 1. The highest BCUT2D eigenvalue weighted by atomic mass is 16.6. The fraction of sp³-hybridized carbons (Fsp3) is 0.556. The van der Waals surface area contributed by atoms with Crippen LogP contribution in [0.1, 0.15) is 96.6 Å². The number of carbonyl (C=O) groups excluding carboxylic acids is 4. The summed E-state index contributed by atoms with van der Waals surface area (Å²) in [4.78, 5) is 57.2. The predicted octanol–water partition coefficient (Wildman–Crippen LogP) is 5.21. The average molecular weight is 618 g/mol. The minimum absolute atomic E-state index is 0.121. The van der Waals surface area contributed by atoms with Gasteiger partial charge in [0.15, 0.2) is 12.3 Å². The van der Waals surface area contributed by atoms with Crippen LogP contribution in [0.25, 0.3) is 0 Å². The summed E-state index contributed by atoms with van der Waals surface area (Å²) in [6, 6.07) is 14.1. The fourth-order valence-corrected chi connectivity index (χ4v) is 8.15. The Labute approximate surface area is 264 Å². The number of benzene rings is 2. The first-order chi connectivity index (χ1) is 20.7. The van der Waals surface area contributed by atoms with E-state index in [0.717, 1.165) is 11.1 Å². The van der Waals surface area contributed by atoms with Crippen molar-refractivity contribution in [2.24, 2.45) is 16.2 Å². The van der Waals surface area contributed by atoms with Gasteiger partial charge in [-0.3, -0.25) is 19.3 Å². The van der Waals surface area contributed by atoms with Crippen molar-refractivity contribution in [2.45, 2.75) is 110 Å². The first-order valence-electron chi connectivity index (χ1n) is 15.6. The summed E-state index contributed by atoms with van der Waals surface area (Å²) in [5, 5.41) is 13.0. The lowest BCUT2D eigenvalue weighted by Gasteiger charge is -2.51. The molecular weight excluding hydrogens is 574 g/mol. The molecule has 6 rings (SSSR count). The standard InChI is InChI=1S/C36H43NO8/c1-31(2,3)21-15-22(32(4,5)6)17-23(16-21)37-27(39)26(44-28(40)20-13-11-10-12-14-20)36-29(37)45-30(41)34(36)19-25(38)43-24(34)18-35(36,42)33(7,8)9/h10-17,24,26,29,42H,18-19H2,1-9H3/t24-,26-,29-,34-,35+,36+/m0/s1. The third kappa shape index (κ3) is 4.01. The van der Waals surface area contributed by atoms with E-state index in [9.17, 15) is 24.3 Å². The topological polar surface area (TPSA) is 119 Å². The molecule has 1 amide bonds. The van der Waals surface area contributed by atoms with E-state index >= 15 is 0 Å². The van der Waals surface area contributed by atoms with Crippen LogP contribution >= 0.6 is 0 Å². The average Bonchev–Trinajstić information content (AvgIpc) is 3.54. The number of hydrogen-bond acceptors (Lipinski definition) is 8. The Kier molecular flexibility index (Phi) is 6.54. The summed E-state index contributed by atoms with van der Waals surface area (Å²) in [5.41, 5.74) is -4.49. The van der Waals surface area contributed by atoms with Crippen LogP contribution in [0.3, 0.4) is 0 Å². The quantitative estimate of drug-likeness (QED) is 0.369. The minimum Gasteiger partial charge on any atom is -0.461 e. The lowest BCUT2D eigenvalue weighted by atomic mass is 9.52. The summed E-state index contributed by atoms with van der Waals surface area (Å²) >= 11 is 0. The number of hydrogen-bond donors (Lipinski definition) is 1. The molecule has 45 heavy (non-hydrogen) atoms. The largest absolute Gasteiger partial charge is 0.461 e. The molecule has 1 N–H and O–H groups in total. The van der Waals surface area contributed by atoms with E-state index in [-0.39, 0.29) is 22.8 Å². The number of rotatable bonds is 3. The summed E-state index contributed by atoms with van der Waals surface area (Å²) < 4.78 is 18.1. The van der Waals surface area contributed by atoms with Gasteiger partial charge >= 0.3 is 17.9 Å². The molecule has 9 nitrogen and oxygen atoms in total. The zero-order chi connectivity index (χ0) is 33.1. The Morgan fingerprint density at radius 3 is 2.00 bits per heavy atom. The molecule has 0 aromatic heterocycles. The summed E-state index contributed by atoms with van der Waals surface area (Å²) in [6.07, 6.45) is -4.63. The van der Waals surface area contributed by atoms with Crippen molar-refractivity contribution < 1.29 is 38.5 Å². The van der Waals surface area contributed by atoms with Crippen molar-refractivity contribution in [2.75, 3.05) is 4.90 Å². The van der Waals surface area contributed by atoms with Crippen LogP contribution in [0.4, 0.5) is 5.69 Å². The molecule has 3 aliphatic heterocycles. The van der Waals surface area contributed by atoms with Crippen LogP contribution in [-0.4, -0.2) is 53.0 Å². The monoisotopic (exact) mass is 617 g/mol. The number of ether oxygens (including phenoxy) is 3. The molecule has 1 saturated carbocycles. The van der Waals surface area contributed by atoms with E-state index in [1.54, 1.807) is 51.1 Å². The zero-order valence-electron chi connectivity index (χ0n) is 27.5. The summed E-state index contributed by atoms with van der Waals surface area (Å²) in [7, 11) is 0. The van der Waals surface area contributed by atoms with Crippen LogP contribution in [-0.2, 0) is 39.4 Å². The molecule has 2 aromatic carbocycles. The van der Waals surface area contributed by atoms with Gasteiger partial charge in [-0.05, 0) is 51.6 Å². The molecule has 6 atom stereocenters. The van der Waals surface area contributed by atoms with E-state index in [0.29, 0.717) is 5.69 Å². The van der Waals surface area contributed by atoms with E-state index in [2.05, 4.69) is 47.6 Å². The first kappa shape index (κ1) is 31.3. The Morgan fingerprint density at radius 1 is 0.889 bits per heavy atom. The lowest BCUT2D eigenvalue weighted by Crippen LogP contribution is -2.66. The maximum Gasteiger partial charge on any atom is 0.338 e. The number of amides is 1. The summed E-state index contributed by atoms with van der Waals surface area (Å²) in [6.45, 7) is 17.8. The van der Waals surface area contributed by atoms with Gasteiger partial charge in [0, 0.05) is 12.1 Å². The molecule has 0 bridgehead atoms. The molecule has 9 heteroatoms. The molecule has 4 fully saturated rings. The second-order valence-electron chi connectivity index (χ2n) is 16.2. The highest BCUT2D eigenvalue weighted by Gasteiger charge is 2.94. The molecule has 3 saturated heterocycles. The van der Waals surface area contributed by atoms with Crippen molar-refractivity contribution in [3.05, 3.63) is 65.2 Å². The van der Waals surface area contributed by atoms with Gasteiger partial charge in [-0.1, -0.05) is 86.6 Å². The van der Waals surface area contributed by atoms with Crippen molar-refractivity contribution in [1.82, 2.24) is 0 Å². The molecule has 2 spiro atoms.